The smallest absolute Gasteiger partial charge is 0.266 e. The molecule has 35 heavy (non-hydrogen) atoms. The SMILES string of the molecule is CCCN1C(=O)/C(=C\c2nc3ccc(I)cc3c(=O)n2-c2ccc(OC)cc2)c2cc(Br)ccc21. The van der Waals surface area contributed by atoms with Crippen LogP contribution in [0.4, 0.5) is 5.69 Å². The number of hydrogen-bond donors (Lipinski definition) is 0. The molecule has 0 bridgehead atoms. The van der Waals surface area contributed by atoms with E-state index in [1.165, 1.54) is 0 Å². The number of halogens is 2. The monoisotopic (exact) mass is 641 g/mol. The van der Waals surface area contributed by atoms with E-state index in [2.05, 4.69) is 38.5 Å². The van der Waals surface area contributed by atoms with Crippen LogP contribution in [0, 0.1) is 3.57 Å². The Hall–Kier alpha value is -2.98. The van der Waals surface area contributed by atoms with Crippen LogP contribution in [0.2, 0.25) is 0 Å². The first-order valence-electron chi connectivity index (χ1n) is 11.1. The van der Waals surface area contributed by atoms with Crippen molar-refractivity contribution in [2.45, 2.75) is 13.3 Å². The first kappa shape index (κ1) is 23.7. The lowest BCUT2D eigenvalue weighted by molar-refractivity contribution is -0.113. The molecule has 0 radical (unpaired) electrons. The van der Waals surface area contributed by atoms with Crippen molar-refractivity contribution in [1.29, 1.82) is 0 Å². The van der Waals surface area contributed by atoms with Crippen LogP contribution in [0.3, 0.4) is 0 Å². The summed E-state index contributed by atoms with van der Waals surface area (Å²) >= 11 is 5.72. The number of carbonyl (C=O) groups is 1. The maximum absolute atomic E-state index is 13.7. The Morgan fingerprint density at radius 1 is 1.06 bits per heavy atom. The fourth-order valence-corrected chi connectivity index (χ4v) is 5.15. The second-order valence-electron chi connectivity index (χ2n) is 8.15. The summed E-state index contributed by atoms with van der Waals surface area (Å²) in [5, 5.41) is 0.517. The van der Waals surface area contributed by atoms with Crippen molar-refractivity contribution in [3.05, 3.63) is 90.4 Å². The molecular formula is C27H21BrIN3O3. The van der Waals surface area contributed by atoms with Gasteiger partial charge in [0.05, 0.1) is 35.0 Å². The lowest BCUT2D eigenvalue weighted by atomic mass is 10.1. The van der Waals surface area contributed by atoms with Crippen molar-refractivity contribution < 1.29 is 9.53 Å². The standard InChI is InChI=1S/C27H21BrIN3O3/c1-3-12-31-24-11-4-16(28)13-20(24)21(26(31)33)15-25-30-23-10-5-17(29)14-22(23)27(34)32(25)18-6-8-19(35-2)9-7-18/h4-11,13-15H,3,12H2,1-2H3/b21-15-. The van der Waals surface area contributed by atoms with E-state index in [1.807, 2.05) is 55.5 Å². The van der Waals surface area contributed by atoms with Crippen LogP contribution in [0.5, 0.6) is 5.75 Å². The lowest BCUT2D eigenvalue weighted by Gasteiger charge is -2.15. The average Bonchev–Trinajstić information content (AvgIpc) is 3.10. The van der Waals surface area contributed by atoms with Crippen LogP contribution < -0.4 is 15.2 Å². The molecule has 0 saturated carbocycles. The molecule has 0 N–H and O–H groups in total. The van der Waals surface area contributed by atoms with Crippen LogP contribution >= 0.6 is 38.5 Å². The fourth-order valence-electron chi connectivity index (χ4n) is 4.30. The second-order valence-corrected chi connectivity index (χ2v) is 10.3. The highest BCUT2D eigenvalue weighted by Crippen LogP contribution is 2.39. The highest BCUT2D eigenvalue weighted by atomic mass is 127. The van der Waals surface area contributed by atoms with E-state index in [0.29, 0.717) is 40.3 Å². The van der Waals surface area contributed by atoms with Gasteiger partial charge in [0.25, 0.3) is 11.5 Å². The van der Waals surface area contributed by atoms with E-state index in [-0.39, 0.29) is 11.5 Å². The number of benzene rings is 3. The van der Waals surface area contributed by atoms with Gasteiger partial charge in [0.15, 0.2) is 0 Å². The number of rotatable bonds is 5. The summed E-state index contributed by atoms with van der Waals surface area (Å²) < 4.78 is 8.66. The summed E-state index contributed by atoms with van der Waals surface area (Å²) in [7, 11) is 1.60. The van der Waals surface area contributed by atoms with Gasteiger partial charge in [0.2, 0.25) is 0 Å². The number of methoxy groups -OCH3 is 1. The van der Waals surface area contributed by atoms with Crippen molar-refractivity contribution in [1.82, 2.24) is 9.55 Å². The van der Waals surface area contributed by atoms with Crippen LogP contribution in [-0.4, -0.2) is 29.1 Å². The van der Waals surface area contributed by atoms with E-state index in [0.717, 1.165) is 25.7 Å². The Morgan fingerprint density at radius 2 is 1.83 bits per heavy atom. The molecular weight excluding hydrogens is 621 g/mol. The topological polar surface area (TPSA) is 64.4 Å². The minimum absolute atomic E-state index is 0.0989. The normalized spacial score (nSPS) is 14.1. The molecule has 0 unspecified atom stereocenters. The predicted molar refractivity (Wildman–Crippen MR) is 151 cm³/mol. The molecule has 8 heteroatoms. The summed E-state index contributed by atoms with van der Waals surface area (Å²) in [5.74, 6) is 0.977. The quantitative estimate of drug-likeness (QED) is 0.196. The molecule has 0 saturated heterocycles. The molecule has 0 fully saturated rings. The molecule has 3 aromatic carbocycles. The number of ether oxygens (including phenoxy) is 1. The van der Waals surface area contributed by atoms with Crippen molar-refractivity contribution in [3.63, 3.8) is 0 Å². The van der Waals surface area contributed by atoms with Crippen LogP contribution in [0.1, 0.15) is 24.7 Å². The summed E-state index contributed by atoms with van der Waals surface area (Å²) in [6.45, 7) is 2.65. The van der Waals surface area contributed by atoms with Gasteiger partial charge in [-0.2, -0.15) is 0 Å². The zero-order chi connectivity index (χ0) is 24.7. The molecule has 5 rings (SSSR count). The van der Waals surface area contributed by atoms with E-state index < -0.39 is 0 Å². The maximum Gasteiger partial charge on any atom is 0.266 e. The fraction of sp³-hybridized carbons (Fsp3) is 0.148. The average molecular weight is 642 g/mol. The zero-order valence-electron chi connectivity index (χ0n) is 19.1. The van der Waals surface area contributed by atoms with Crippen LogP contribution in [-0.2, 0) is 4.79 Å². The molecule has 0 spiro atoms. The van der Waals surface area contributed by atoms with E-state index in [9.17, 15) is 9.59 Å². The second kappa shape index (κ2) is 9.58. The van der Waals surface area contributed by atoms with Gasteiger partial charge in [0, 0.05) is 20.2 Å². The number of carbonyl (C=O) groups excluding carboxylic acids is 1. The van der Waals surface area contributed by atoms with Gasteiger partial charge < -0.3 is 9.64 Å². The lowest BCUT2D eigenvalue weighted by Crippen LogP contribution is -2.27. The van der Waals surface area contributed by atoms with Crippen molar-refractivity contribution in [3.8, 4) is 11.4 Å². The highest BCUT2D eigenvalue weighted by Gasteiger charge is 2.32. The number of fused-ring (bicyclic) bond motifs is 2. The van der Waals surface area contributed by atoms with Gasteiger partial charge in [-0.1, -0.05) is 22.9 Å². The van der Waals surface area contributed by atoms with Gasteiger partial charge in [-0.25, -0.2) is 4.98 Å². The Kier molecular flexibility index (Phi) is 6.50. The minimum atomic E-state index is -0.198. The number of hydrogen-bond acceptors (Lipinski definition) is 4. The highest BCUT2D eigenvalue weighted by molar-refractivity contribution is 14.1. The first-order chi connectivity index (χ1) is 16.9. The van der Waals surface area contributed by atoms with E-state index in [1.54, 1.807) is 34.8 Å². The Bertz CT molecular complexity index is 1560. The molecule has 1 amide bonds. The third kappa shape index (κ3) is 4.29. The predicted octanol–water partition coefficient (Wildman–Crippen LogP) is 6.06. The van der Waals surface area contributed by atoms with E-state index in [4.69, 9.17) is 9.72 Å². The number of nitrogens with zero attached hydrogens (tertiary/aromatic N) is 3. The van der Waals surface area contributed by atoms with Crippen molar-refractivity contribution in [2.24, 2.45) is 0 Å². The summed E-state index contributed by atoms with van der Waals surface area (Å²) in [6, 6.07) is 18.6. The van der Waals surface area contributed by atoms with Gasteiger partial charge in [-0.05, 0) is 95.8 Å². The van der Waals surface area contributed by atoms with Crippen LogP contribution in [0.25, 0.3) is 28.2 Å². The van der Waals surface area contributed by atoms with Gasteiger partial charge >= 0.3 is 0 Å². The summed E-state index contributed by atoms with van der Waals surface area (Å²) in [6.07, 6.45) is 2.56. The molecule has 1 aliphatic rings. The molecule has 2 heterocycles. The summed E-state index contributed by atoms with van der Waals surface area (Å²) in [4.78, 5) is 33.9. The number of anilines is 1. The molecule has 4 aromatic rings. The molecule has 0 aliphatic carbocycles. The van der Waals surface area contributed by atoms with Gasteiger partial charge in [-0.15, -0.1) is 0 Å². The Morgan fingerprint density at radius 3 is 2.54 bits per heavy atom. The van der Waals surface area contributed by atoms with Gasteiger partial charge in [0.1, 0.15) is 11.6 Å². The van der Waals surface area contributed by atoms with Crippen LogP contribution in [0.15, 0.2) is 69.9 Å². The minimum Gasteiger partial charge on any atom is -0.497 e. The van der Waals surface area contributed by atoms with E-state index >= 15 is 0 Å². The Balaban J connectivity index is 1.79. The molecule has 1 aliphatic heterocycles. The number of amides is 1. The van der Waals surface area contributed by atoms with Gasteiger partial charge in [-0.3, -0.25) is 14.2 Å². The third-order valence-corrected chi connectivity index (χ3v) is 7.09. The molecule has 1 aromatic heterocycles. The van der Waals surface area contributed by atoms with Crippen molar-refractivity contribution in [2.75, 3.05) is 18.6 Å². The largest absolute Gasteiger partial charge is 0.497 e. The zero-order valence-corrected chi connectivity index (χ0v) is 22.8. The number of aromatic nitrogens is 2. The van der Waals surface area contributed by atoms with Crippen molar-refractivity contribution >= 4 is 72.7 Å². The Labute approximate surface area is 224 Å². The first-order valence-corrected chi connectivity index (χ1v) is 13.0. The third-order valence-electron chi connectivity index (χ3n) is 5.92. The molecule has 176 valence electrons. The molecule has 0 atom stereocenters. The maximum atomic E-state index is 13.7. The summed E-state index contributed by atoms with van der Waals surface area (Å²) in [5.41, 5.74) is 3.21. The molecule has 6 nitrogen and oxygen atoms in total.